The normalized spacial score (nSPS) is 15.2. The second kappa shape index (κ2) is 5.01. The molecule has 0 saturated heterocycles. The molecule has 20 heavy (non-hydrogen) atoms. The summed E-state index contributed by atoms with van der Waals surface area (Å²) in [4.78, 5) is 32.0. The standard InChI is InChI=1S/C16H10N2O2/c19-15(11-6-2-1-3-7-11)10-14-16(20)18-13-9-5-4-8-12(13)17-14/h1-10H/b14-10-. The summed E-state index contributed by atoms with van der Waals surface area (Å²) in [6.45, 7) is 0. The van der Waals surface area contributed by atoms with Gasteiger partial charge in [0.15, 0.2) is 5.78 Å². The van der Waals surface area contributed by atoms with Crippen LogP contribution in [0.2, 0.25) is 0 Å². The van der Waals surface area contributed by atoms with Crippen LogP contribution in [-0.4, -0.2) is 11.7 Å². The van der Waals surface area contributed by atoms with Gasteiger partial charge >= 0.3 is 0 Å². The number of amides is 1. The summed E-state index contributed by atoms with van der Waals surface area (Å²) in [5, 5.41) is 1.13. The summed E-state index contributed by atoms with van der Waals surface area (Å²) in [7, 11) is 0. The number of ketones is 1. The molecule has 1 heterocycles. The average molecular weight is 262 g/mol. The molecule has 0 saturated carbocycles. The maximum Gasteiger partial charge on any atom is 0.296 e. The number of carbonyl (C=O) groups is 2. The number of hydrogen-bond donors (Lipinski definition) is 0. The van der Waals surface area contributed by atoms with E-state index in [1.807, 2.05) is 12.1 Å². The maximum absolute atomic E-state index is 12.0. The van der Waals surface area contributed by atoms with E-state index >= 15 is 0 Å². The van der Waals surface area contributed by atoms with E-state index in [-0.39, 0.29) is 11.5 Å². The van der Waals surface area contributed by atoms with Gasteiger partial charge in [-0.2, -0.15) is 0 Å². The van der Waals surface area contributed by atoms with E-state index in [1.165, 1.54) is 6.08 Å². The lowest BCUT2D eigenvalue weighted by Crippen LogP contribution is -2.30. The highest BCUT2D eigenvalue weighted by atomic mass is 16.1. The number of para-hydroxylation sites is 2. The lowest BCUT2D eigenvalue weighted by molar-refractivity contribution is -0.114. The fraction of sp³-hybridized carbons (Fsp3) is 0. The molecule has 0 fully saturated rings. The molecule has 0 atom stereocenters. The van der Waals surface area contributed by atoms with Crippen molar-refractivity contribution in [1.82, 2.24) is 0 Å². The summed E-state index contributed by atoms with van der Waals surface area (Å²) in [5.41, 5.74) is 0.583. The van der Waals surface area contributed by atoms with E-state index in [0.717, 1.165) is 0 Å². The van der Waals surface area contributed by atoms with Crippen molar-refractivity contribution >= 4 is 11.7 Å². The van der Waals surface area contributed by atoms with Crippen molar-refractivity contribution < 1.29 is 9.59 Å². The van der Waals surface area contributed by atoms with Gasteiger partial charge in [-0.05, 0) is 12.1 Å². The number of hydrogen-bond acceptors (Lipinski definition) is 3. The molecule has 0 aromatic heterocycles. The Morgan fingerprint density at radius 1 is 0.850 bits per heavy atom. The fourth-order valence-corrected chi connectivity index (χ4v) is 1.90. The first kappa shape index (κ1) is 12.2. The van der Waals surface area contributed by atoms with Gasteiger partial charge < -0.3 is 0 Å². The smallest absolute Gasteiger partial charge is 0.289 e. The second-order valence-corrected chi connectivity index (χ2v) is 4.28. The Bertz CT molecular complexity index is 836. The number of fused-ring (bicyclic) bond motifs is 1. The molecule has 3 rings (SSSR count). The van der Waals surface area contributed by atoms with Crippen molar-refractivity contribution in [3.8, 4) is 0 Å². The van der Waals surface area contributed by atoms with Gasteiger partial charge in [0.25, 0.3) is 5.91 Å². The lowest BCUT2D eigenvalue weighted by atomic mass is 10.1. The van der Waals surface area contributed by atoms with Gasteiger partial charge in [0.05, 0.1) is 10.7 Å². The maximum atomic E-state index is 12.0. The Morgan fingerprint density at radius 2 is 1.45 bits per heavy atom. The summed E-state index contributed by atoms with van der Waals surface area (Å²) in [6, 6.07) is 15.8. The molecule has 0 bridgehead atoms. The van der Waals surface area contributed by atoms with Crippen molar-refractivity contribution in [2.45, 2.75) is 0 Å². The van der Waals surface area contributed by atoms with Crippen LogP contribution < -0.4 is 10.7 Å². The third-order valence-electron chi connectivity index (χ3n) is 2.89. The molecule has 0 N–H and O–H groups in total. The number of nitrogens with zero attached hydrogens (tertiary/aromatic N) is 2. The minimum atomic E-state index is -0.493. The van der Waals surface area contributed by atoms with E-state index < -0.39 is 5.91 Å². The number of allylic oxidation sites excluding steroid dienone is 1. The van der Waals surface area contributed by atoms with E-state index in [1.54, 1.807) is 42.5 Å². The summed E-state index contributed by atoms with van der Waals surface area (Å²) < 4.78 is 0. The van der Waals surface area contributed by atoms with Crippen molar-refractivity contribution in [3.05, 3.63) is 82.6 Å². The quantitative estimate of drug-likeness (QED) is 0.603. The molecule has 2 aromatic rings. The van der Waals surface area contributed by atoms with Crippen molar-refractivity contribution in [3.63, 3.8) is 0 Å². The topological polar surface area (TPSA) is 58.9 Å². The number of carbonyl (C=O) groups excluding carboxylic acids is 2. The molecule has 4 heteroatoms. The highest BCUT2D eigenvalue weighted by molar-refractivity contribution is 6.09. The summed E-state index contributed by atoms with van der Waals surface area (Å²) in [6.07, 6.45) is 1.23. The predicted molar refractivity (Wildman–Crippen MR) is 72.6 cm³/mol. The van der Waals surface area contributed by atoms with Gasteiger partial charge in [0.2, 0.25) is 0 Å². The zero-order chi connectivity index (χ0) is 13.9. The van der Waals surface area contributed by atoms with Crippen LogP contribution in [0.15, 0.2) is 76.4 Å². The first-order valence-corrected chi connectivity index (χ1v) is 6.12. The minimum absolute atomic E-state index is 0.0672. The molecule has 1 aliphatic rings. The molecule has 0 spiro atoms. The summed E-state index contributed by atoms with van der Waals surface area (Å²) in [5.74, 6) is -0.750. The Labute approximate surface area is 114 Å². The Hall–Kier alpha value is -2.88. The van der Waals surface area contributed by atoms with Gasteiger partial charge in [-0.3, -0.25) is 9.59 Å². The van der Waals surface area contributed by atoms with Crippen LogP contribution in [0.5, 0.6) is 0 Å². The van der Waals surface area contributed by atoms with Crippen molar-refractivity contribution in [1.29, 1.82) is 0 Å². The van der Waals surface area contributed by atoms with Gasteiger partial charge in [-0.15, -0.1) is 0 Å². The van der Waals surface area contributed by atoms with E-state index in [9.17, 15) is 9.59 Å². The molecule has 0 radical (unpaired) electrons. The third kappa shape index (κ3) is 2.31. The zero-order valence-corrected chi connectivity index (χ0v) is 10.5. The van der Waals surface area contributed by atoms with Crippen LogP contribution in [0.3, 0.4) is 0 Å². The molecular weight excluding hydrogens is 252 g/mol. The first-order valence-electron chi connectivity index (χ1n) is 6.12. The van der Waals surface area contributed by atoms with Crippen molar-refractivity contribution in [2.75, 3.05) is 0 Å². The molecule has 0 aliphatic carbocycles. The van der Waals surface area contributed by atoms with Crippen LogP contribution in [0.4, 0.5) is 0 Å². The number of rotatable bonds is 2. The van der Waals surface area contributed by atoms with Gasteiger partial charge in [0.1, 0.15) is 5.70 Å². The van der Waals surface area contributed by atoms with Crippen LogP contribution in [-0.2, 0) is 4.79 Å². The molecule has 1 aliphatic heterocycles. The molecular formula is C16H10N2O2. The first-order chi connectivity index (χ1) is 9.74. The van der Waals surface area contributed by atoms with Gasteiger partial charge in [-0.1, -0.05) is 42.5 Å². The average Bonchev–Trinajstić information content (AvgIpc) is 2.49. The van der Waals surface area contributed by atoms with Crippen LogP contribution >= 0.6 is 0 Å². The Kier molecular flexibility index (Phi) is 3.05. The fourth-order valence-electron chi connectivity index (χ4n) is 1.90. The van der Waals surface area contributed by atoms with Crippen LogP contribution in [0.1, 0.15) is 10.4 Å². The van der Waals surface area contributed by atoms with Crippen LogP contribution in [0, 0.1) is 0 Å². The minimum Gasteiger partial charge on any atom is -0.289 e. The monoisotopic (exact) mass is 262 g/mol. The van der Waals surface area contributed by atoms with Crippen LogP contribution in [0.25, 0.3) is 0 Å². The second-order valence-electron chi connectivity index (χ2n) is 4.28. The van der Waals surface area contributed by atoms with Gasteiger partial charge in [0, 0.05) is 11.6 Å². The highest BCUT2D eigenvalue weighted by Crippen LogP contribution is 2.06. The molecule has 4 nitrogen and oxygen atoms in total. The molecule has 2 aromatic carbocycles. The van der Waals surface area contributed by atoms with E-state index in [0.29, 0.717) is 16.3 Å². The highest BCUT2D eigenvalue weighted by Gasteiger charge is 2.14. The van der Waals surface area contributed by atoms with E-state index in [2.05, 4.69) is 9.98 Å². The summed E-state index contributed by atoms with van der Waals surface area (Å²) >= 11 is 0. The molecule has 0 unspecified atom stereocenters. The SMILES string of the molecule is O=C1N=c2ccccc2=N/C1=C\C(=O)c1ccccc1. The molecule has 96 valence electrons. The Balaban J connectivity index is 2.04. The van der Waals surface area contributed by atoms with E-state index in [4.69, 9.17) is 0 Å². The van der Waals surface area contributed by atoms with Gasteiger partial charge in [-0.25, -0.2) is 9.98 Å². The third-order valence-corrected chi connectivity index (χ3v) is 2.89. The number of benzene rings is 2. The zero-order valence-electron chi connectivity index (χ0n) is 10.5. The Morgan fingerprint density at radius 3 is 2.15 bits per heavy atom. The van der Waals surface area contributed by atoms with Crippen molar-refractivity contribution in [2.24, 2.45) is 9.98 Å². The predicted octanol–water partition coefficient (Wildman–Crippen LogP) is 1.23. The lowest BCUT2D eigenvalue weighted by Gasteiger charge is -2.02. The largest absolute Gasteiger partial charge is 0.296 e. The molecule has 1 amide bonds.